The maximum Gasteiger partial charge on any atom is 0.137 e. The Kier molecular flexibility index (Phi) is 4.61. The maximum absolute atomic E-state index is 4.53. The average Bonchev–Trinajstić information content (AvgIpc) is 2.45. The Morgan fingerprint density at radius 2 is 2.16 bits per heavy atom. The van der Waals surface area contributed by atoms with Gasteiger partial charge in [0.25, 0.3) is 0 Å². The Morgan fingerprint density at radius 3 is 2.79 bits per heavy atom. The zero-order chi connectivity index (χ0) is 13.8. The zero-order valence-electron chi connectivity index (χ0n) is 12.6. The van der Waals surface area contributed by atoms with Crippen molar-refractivity contribution in [3.05, 3.63) is 11.9 Å². The molecule has 1 aliphatic carbocycles. The quantitative estimate of drug-likeness (QED) is 0.905. The van der Waals surface area contributed by atoms with Gasteiger partial charge in [0.15, 0.2) is 0 Å². The zero-order valence-corrected chi connectivity index (χ0v) is 12.6. The van der Waals surface area contributed by atoms with Crippen molar-refractivity contribution in [3.8, 4) is 0 Å². The normalized spacial score (nSPS) is 23.2. The van der Waals surface area contributed by atoms with Gasteiger partial charge in [0.05, 0.1) is 0 Å². The van der Waals surface area contributed by atoms with Gasteiger partial charge in [-0.1, -0.05) is 26.7 Å². The van der Waals surface area contributed by atoms with E-state index in [9.17, 15) is 0 Å². The predicted molar refractivity (Wildman–Crippen MR) is 80.8 cm³/mol. The molecule has 1 aromatic heterocycles. The standard InChI is InChI=1S/C15H26N4/c1-5-13-14(16-3)17-10-18-15(13)19(4)12-8-6-7-11(2)9-12/h10-12H,5-9H2,1-4H3,(H,16,17,18). The molecule has 4 nitrogen and oxygen atoms in total. The summed E-state index contributed by atoms with van der Waals surface area (Å²) in [5.74, 6) is 2.89. The van der Waals surface area contributed by atoms with Gasteiger partial charge in [-0.2, -0.15) is 0 Å². The molecule has 0 spiro atoms. The van der Waals surface area contributed by atoms with Gasteiger partial charge in [0.2, 0.25) is 0 Å². The molecule has 1 fully saturated rings. The van der Waals surface area contributed by atoms with Gasteiger partial charge in [-0.15, -0.1) is 0 Å². The molecule has 1 aromatic rings. The molecular formula is C15H26N4. The van der Waals surface area contributed by atoms with Crippen LogP contribution in [0, 0.1) is 5.92 Å². The fourth-order valence-electron chi connectivity index (χ4n) is 3.17. The second-order valence-electron chi connectivity index (χ2n) is 5.66. The summed E-state index contributed by atoms with van der Waals surface area (Å²) in [4.78, 5) is 11.2. The molecule has 0 amide bonds. The van der Waals surface area contributed by atoms with Crippen molar-refractivity contribution in [1.29, 1.82) is 0 Å². The second-order valence-corrected chi connectivity index (χ2v) is 5.66. The number of hydrogen-bond acceptors (Lipinski definition) is 4. The van der Waals surface area contributed by atoms with Crippen LogP contribution >= 0.6 is 0 Å². The fraction of sp³-hybridized carbons (Fsp3) is 0.733. The molecule has 106 valence electrons. The van der Waals surface area contributed by atoms with Gasteiger partial charge in [-0.25, -0.2) is 9.97 Å². The van der Waals surface area contributed by atoms with Crippen LogP contribution in [-0.2, 0) is 6.42 Å². The van der Waals surface area contributed by atoms with Crippen molar-refractivity contribution in [2.24, 2.45) is 5.92 Å². The highest BCUT2D eigenvalue weighted by atomic mass is 15.2. The van der Waals surface area contributed by atoms with Crippen LogP contribution in [0.3, 0.4) is 0 Å². The lowest BCUT2D eigenvalue weighted by Crippen LogP contribution is -2.36. The molecule has 1 saturated carbocycles. The van der Waals surface area contributed by atoms with Gasteiger partial charge in [-0.3, -0.25) is 0 Å². The van der Waals surface area contributed by atoms with Crippen LogP contribution in [0.1, 0.15) is 45.1 Å². The lowest BCUT2D eigenvalue weighted by atomic mass is 9.86. The highest BCUT2D eigenvalue weighted by Crippen LogP contribution is 2.31. The first-order valence-electron chi connectivity index (χ1n) is 7.41. The van der Waals surface area contributed by atoms with E-state index in [0.717, 1.165) is 24.0 Å². The fourth-order valence-corrected chi connectivity index (χ4v) is 3.17. The van der Waals surface area contributed by atoms with Crippen LogP contribution in [0.5, 0.6) is 0 Å². The summed E-state index contributed by atoms with van der Waals surface area (Å²) >= 11 is 0. The van der Waals surface area contributed by atoms with Gasteiger partial charge in [-0.05, 0) is 25.2 Å². The van der Waals surface area contributed by atoms with Gasteiger partial charge >= 0.3 is 0 Å². The summed E-state index contributed by atoms with van der Waals surface area (Å²) in [5, 5.41) is 3.18. The Morgan fingerprint density at radius 1 is 1.37 bits per heavy atom. The SMILES string of the molecule is CCc1c(NC)ncnc1N(C)C1CCCC(C)C1. The molecular weight excluding hydrogens is 236 g/mol. The first-order valence-corrected chi connectivity index (χ1v) is 7.41. The summed E-state index contributed by atoms with van der Waals surface area (Å²) in [6.07, 6.45) is 7.89. The van der Waals surface area contributed by atoms with Crippen LogP contribution in [0.4, 0.5) is 11.6 Å². The molecule has 1 aliphatic rings. The number of rotatable bonds is 4. The Hall–Kier alpha value is -1.32. The highest BCUT2D eigenvalue weighted by molar-refractivity contribution is 5.58. The van der Waals surface area contributed by atoms with E-state index < -0.39 is 0 Å². The smallest absolute Gasteiger partial charge is 0.137 e. The van der Waals surface area contributed by atoms with Crippen LogP contribution < -0.4 is 10.2 Å². The monoisotopic (exact) mass is 262 g/mol. The van der Waals surface area contributed by atoms with Crippen LogP contribution in [0.25, 0.3) is 0 Å². The number of aromatic nitrogens is 2. The van der Waals surface area contributed by atoms with Crippen LogP contribution in [0.15, 0.2) is 6.33 Å². The van der Waals surface area contributed by atoms with E-state index >= 15 is 0 Å². The third-order valence-electron chi connectivity index (χ3n) is 4.30. The first-order chi connectivity index (χ1) is 9.17. The van der Waals surface area contributed by atoms with Crippen molar-refractivity contribution < 1.29 is 0 Å². The number of hydrogen-bond donors (Lipinski definition) is 1. The van der Waals surface area contributed by atoms with Crippen LogP contribution in [-0.4, -0.2) is 30.1 Å². The molecule has 19 heavy (non-hydrogen) atoms. The lowest BCUT2D eigenvalue weighted by molar-refractivity contribution is 0.335. The molecule has 0 saturated heterocycles. The van der Waals surface area contributed by atoms with E-state index in [1.54, 1.807) is 6.33 Å². The lowest BCUT2D eigenvalue weighted by Gasteiger charge is -2.35. The average molecular weight is 262 g/mol. The molecule has 2 unspecified atom stereocenters. The first kappa shape index (κ1) is 14.1. The molecule has 0 radical (unpaired) electrons. The van der Waals surface area contributed by atoms with Crippen LogP contribution in [0.2, 0.25) is 0 Å². The molecule has 1 heterocycles. The van der Waals surface area contributed by atoms with Crippen molar-refractivity contribution in [2.75, 3.05) is 24.3 Å². The predicted octanol–water partition coefficient (Wildman–Crippen LogP) is 3.10. The van der Waals surface area contributed by atoms with Crippen molar-refractivity contribution in [3.63, 3.8) is 0 Å². The Balaban J connectivity index is 2.25. The Bertz CT molecular complexity index is 419. The van der Waals surface area contributed by atoms with Crippen molar-refractivity contribution >= 4 is 11.6 Å². The third kappa shape index (κ3) is 2.99. The molecule has 1 N–H and O–H groups in total. The summed E-state index contributed by atoms with van der Waals surface area (Å²) in [6, 6.07) is 0.619. The van der Waals surface area contributed by atoms with Gasteiger partial charge < -0.3 is 10.2 Å². The summed E-state index contributed by atoms with van der Waals surface area (Å²) in [5.41, 5.74) is 1.23. The maximum atomic E-state index is 4.53. The van der Waals surface area contributed by atoms with E-state index in [-0.39, 0.29) is 0 Å². The van der Waals surface area contributed by atoms with E-state index in [0.29, 0.717) is 6.04 Å². The highest BCUT2D eigenvalue weighted by Gasteiger charge is 2.25. The van der Waals surface area contributed by atoms with E-state index in [4.69, 9.17) is 0 Å². The summed E-state index contributed by atoms with van der Waals surface area (Å²) < 4.78 is 0. The van der Waals surface area contributed by atoms with Crippen molar-refractivity contribution in [1.82, 2.24) is 9.97 Å². The minimum atomic E-state index is 0.619. The number of anilines is 2. The topological polar surface area (TPSA) is 41.1 Å². The van der Waals surface area contributed by atoms with E-state index in [1.807, 2.05) is 7.05 Å². The minimum Gasteiger partial charge on any atom is -0.373 e. The summed E-state index contributed by atoms with van der Waals surface area (Å²) in [6.45, 7) is 4.53. The molecule has 2 rings (SSSR count). The Labute approximate surface area is 116 Å². The molecule has 0 bridgehead atoms. The van der Waals surface area contributed by atoms with Gasteiger partial charge in [0, 0.05) is 25.7 Å². The minimum absolute atomic E-state index is 0.619. The summed E-state index contributed by atoms with van der Waals surface area (Å²) in [7, 11) is 4.11. The number of nitrogens with one attached hydrogen (secondary N) is 1. The second kappa shape index (κ2) is 6.22. The third-order valence-corrected chi connectivity index (χ3v) is 4.30. The van der Waals surface area contributed by atoms with E-state index in [2.05, 4.69) is 41.1 Å². The van der Waals surface area contributed by atoms with Gasteiger partial charge in [0.1, 0.15) is 18.0 Å². The largest absolute Gasteiger partial charge is 0.373 e. The van der Waals surface area contributed by atoms with E-state index in [1.165, 1.54) is 31.2 Å². The van der Waals surface area contributed by atoms with Crippen molar-refractivity contribution in [2.45, 2.75) is 52.0 Å². The molecule has 2 atom stereocenters. The molecule has 4 heteroatoms. The molecule has 0 aliphatic heterocycles. The number of nitrogens with zero attached hydrogens (tertiary/aromatic N) is 3. The molecule has 0 aromatic carbocycles.